The first-order valence-corrected chi connectivity index (χ1v) is 5.46. The molecule has 0 radical (unpaired) electrons. The molecule has 0 saturated carbocycles. The second kappa shape index (κ2) is 3.93. The van der Waals surface area contributed by atoms with Crippen molar-refractivity contribution >= 4 is 0 Å². The van der Waals surface area contributed by atoms with Gasteiger partial charge in [-0.05, 0) is 38.5 Å². The van der Waals surface area contributed by atoms with E-state index in [-0.39, 0.29) is 0 Å². The summed E-state index contributed by atoms with van der Waals surface area (Å²) >= 11 is 0. The summed E-state index contributed by atoms with van der Waals surface area (Å²) in [6.45, 7) is 7.54. The highest BCUT2D eigenvalue weighted by Crippen LogP contribution is 2.25. The van der Waals surface area contributed by atoms with E-state index in [4.69, 9.17) is 0 Å². The lowest BCUT2D eigenvalue weighted by Gasteiger charge is -2.10. The van der Waals surface area contributed by atoms with Gasteiger partial charge in [0.25, 0.3) is 0 Å². The van der Waals surface area contributed by atoms with Crippen LogP contribution in [0.5, 0.6) is 0 Å². The summed E-state index contributed by atoms with van der Waals surface area (Å²) in [6.07, 6.45) is 0. The average Bonchev–Trinajstić information content (AvgIpc) is 2.60. The highest BCUT2D eigenvalue weighted by atomic mass is 15.0. The van der Waals surface area contributed by atoms with Crippen LogP contribution in [-0.2, 0) is 6.54 Å². The Balaban J connectivity index is 2.59. The van der Waals surface area contributed by atoms with E-state index in [1.807, 2.05) is 0 Å². The molecule has 0 aliphatic heterocycles. The summed E-state index contributed by atoms with van der Waals surface area (Å²) in [5, 5.41) is 0. The van der Waals surface area contributed by atoms with E-state index >= 15 is 0 Å². The molecule has 0 amide bonds. The van der Waals surface area contributed by atoms with E-state index in [1.54, 1.807) is 0 Å². The molecule has 0 aliphatic carbocycles. The maximum absolute atomic E-state index is 2.35. The van der Waals surface area contributed by atoms with Gasteiger partial charge >= 0.3 is 0 Å². The zero-order valence-corrected chi connectivity index (χ0v) is 9.62. The zero-order valence-electron chi connectivity index (χ0n) is 9.62. The predicted octanol–water partition coefficient (Wildman–Crippen LogP) is 3.79. The lowest BCUT2D eigenvalue weighted by molar-refractivity contribution is 0.750. The third-order valence-electron chi connectivity index (χ3n) is 2.94. The maximum atomic E-state index is 2.35. The Kier molecular flexibility index (Phi) is 2.63. The van der Waals surface area contributed by atoms with Gasteiger partial charge in [-0.3, -0.25) is 0 Å². The Morgan fingerprint density at radius 2 is 1.73 bits per heavy atom. The molecule has 78 valence electrons. The second-order valence-corrected chi connectivity index (χ2v) is 3.92. The summed E-state index contributed by atoms with van der Waals surface area (Å²) in [5.74, 6) is 0. The predicted molar refractivity (Wildman–Crippen MR) is 65.0 cm³/mol. The van der Waals surface area contributed by atoms with Crippen LogP contribution < -0.4 is 0 Å². The van der Waals surface area contributed by atoms with Crippen LogP contribution in [0.3, 0.4) is 0 Å². The van der Waals surface area contributed by atoms with Gasteiger partial charge in [0, 0.05) is 23.5 Å². The zero-order chi connectivity index (χ0) is 10.8. The van der Waals surface area contributed by atoms with Gasteiger partial charge in [-0.15, -0.1) is 0 Å². The molecule has 1 aromatic carbocycles. The molecule has 0 unspecified atom stereocenters. The topological polar surface area (TPSA) is 4.93 Å². The van der Waals surface area contributed by atoms with Crippen molar-refractivity contribution in [1.82, 2.24) is 4.57 Å². The van der Waals surface area contributed by atoms with Crippen molar-refractivity contribution in [2.75, 3.05) is 0 Å². The van der Waals surface area contributed by atoms with Crippen molar-refractivity contribution in [3.05, 3.63) is 47.7 Å². The molecule has 2 rings (SSSR count). The molecule has 0 saturated heterocycles. The summed E-state index contributed by atoms with van der Waals surface area (Å²) < 4.78 is 2.35. The van der Waals surface area contributed by atoms with Crippen LogP contribution in [0.25, 0.3) is 11.3 Å². The van der Waals surface area contributed by atoms with Crippen molar-refractivity contribution in [3.63, 3.8) is 0 Å². The Bertz CT molecular complexity index is 466. The number of aromatic nitrogens is 1. The summed E-state index contributed by atoms with van der Waals surface area (Å²) in [5.41, 5.74) is 5.33. The van der Waals surface area contributed by atoms with Gasteiger partial charge in [-0.2, -0.15) is 0 Å². The Hall–Kier alpha value is -1.50. The minimum Gasteiger partial charge on any atom is -0.345 e. The standard InChI is InChI=1S/C14H17N/c1-4-15-12(3)9-10-14(15)13-8-6-5-7-11(13)2/h5-10H,4H2,1-3H3. The number of nitrogens with zero attached hydrogens (tertiary/aromatic N) is 1. The lowest BCUT2D eigenvalue weighted by atomic mass is 10.1. The SMILES string of the molecule is CCn1c(C)ccc1-c1ccccc1C. The summed E-state index contributed by atoms with van der Waals surface area (Å²) in [7, 11) is 0. The van der Waals surface area contributed by atoms with Crippen molar-refractivity contribution in [3.8, 4) is 11.3 Å². The van der Waals surface area contributed by atoms with Crippen LogP contribution in [0.2, 0.25) is 0 Å². The number of hydrogen-bond acceptors (Lipinski definition) is 0. The number of rotatable bonds is 2. The van der Waals surface area contributed by atoms with E-state index in [0.717, 1.165) is 6.54 Å². The molecule has 1 heterocycles. The Labute approximate surface area is 91.4 Å². The molecule has 0 aliphatic rings. The Morgan fingerprint density at radius 1 is 1.00 bits per heavy atom. The molecule has 1 heteroatoms. The average molecular weight is 199 g/mol. The molecule has 0 bridgehead atoms. The van der Waals surface area contributed by atoms with Crippen LogP contribution in [0.15, 0.2) is 36.4 Å². The fourth-order valence-corrected chi connectivity index (χ4v) is 2.08. The van der Waals surface area contributed by atoms with E-state index in [0.29, 0.717) is 0 Å². The van der Waals surface area contributed by atoms with Crippen molar-refractivity contribution in [1.29, 1.82) is 0 Å². The largest absolute Gasteiger partial charge is 0.345 e. The van der Waals surface area contributed by atoms with E-state index in [9.17, 15) is 0 Å². The minimum absolute atomic E-state index is 1.03. The van der Waals surface area contributed by atoms with Crippen molar-refractivity contribution in [2.24, 2.45) is 0 Å². The van der Waals surface area contributed by atoms with Gasteiger partial charge in [-0.25, -0.2) is 0 Å². The maximum Gasteiger partial charge on any atom is 0.0484 e. The monoisotopic (exact) mass is 199 g/mol. The Morgan fingerprint density at radius 3 is 2.40 bits per heavy atom. The van der Waals surface area contributed by atoms with Gasteiger partial charge < -0.3 is 4.57 Å². The first kappa shape index (κ1) is 10.0. The third-order valence-corrected chi connectivity index (χ3v) is 2.94. The molecule has 0 atom stereocenters. The quantitative estimate of drug-likeness (QED) is 0.693. The van der Waals surface area contributed by atoms with Gasteiger partial charge in [0.05, 0.1) is 0 Å². The molecule has 1 nitrogen and oxygen atoms in total. The highest BCUT2D eigenvalue weighted by Gasteiger charge is 2.07. The summed E-state index contributed by atoms with van der Waals surface area (Å²) in [4.78, 5) is 0. The minimum atomic E-state index is 1.03. The molecular weight excluding hydrogens is 182 g/mol. The lowest BCUT2D eigenvalue weighted by Crippen LogP contribution is -1.99. The fourth-order valence-electron chi connectivity index (χ4n) is 2.08. The first-order chi connectivity index (χ1) is 7.24. The van der Waals surface area contributed by atoms with Crippen LogP contribution >= 0.6 is 0 Å². The van der Waals surface area contributed by atoms with Gasteiger partial charge in [-0.1, -0.05) is 24.3 Å². The van der Waals surface area contributed by atoms with Crippen LogP contribution in [0.1, 0.15) is 18.2 Å². The molecule has 0 spiro atoms. The van der Waals surface area contributed by atoms with Gasteiger partial charge in [0.15, 0.2) is 0 Å². The van der Waals surface area contributed by atoms with E-state index < -0.39 is 0 Å². The molecule has 0 fully saturated rings. The van der Waals surface area contributed by atoms with Crippen LogP contribution in [0.4, 0.5) is 0 Å². The molecule has 1 aromatic heterocycles. The van der Waals surface area contributed by atoms with Gasteiger partial charge in [0.1, 0.15) is 0 Å². The highest BCUT2D eigenvalue weighted by molar-refractivity contribution is 5.64. The van der Waals surface area contributed by atoms with E-state index in [1.165, 1.54) is 22.5 Å². The molecule has 0 N–H and O–H groups in total. The van der Waals surface area contributed by atoms with Crippen molar-refractivity contribution in [2.45, 2.75) is 27.3 Å². The number of hydrogen-bond donors (Lipinski definition) is 0. The normalized spacial score (nSPS) is 10.6. The fraction of sp³-hybridized carbons (Fsp3) is 0.286. The molecular formula is C14H17N. The number of aryl methyl sites for hydroxylation is 2. The second-order valence-electron chi connectivity index (χ2n) is 3.92. The summed E-state index contributed by atoms with van der Waals surface area (Å²) in [6, 6.07) is 12.9. The van der Waals surface area contributed by atoms with Crippen LogP contribution in [0, 0.1) is 13.8 Å². The molecule has 15 heavy (non-hydrogen) atoms. The van der Waals surface area contributed by atoms with Gasteiger partial charge in [0.2, 0.25) is 0 Å². The van der Waals surface area contributed by atoms with Crippen LogP contribution in [-0.4, -0.2) is 4.57 Å². The first-order valence-electron chi connectivity index (χ1n) is 5.46. The molecule has 2 aromatic rings. The number of benzene rings is 1. The smallest absolute Gasteiger partial charge is 0.0484 e. The van der Waals surface area contributed by atoms with E-state index in [2.05, 4.69) is 61.7 Å². The third kappa shape index (κ3) is 1.70. The van der Waals surface area contributed by atoms with Crippen molar-refractivity contribution < 1.29 is 0 Å².